The molecule has 1 aliphatic rings. The van der Waals surface area contributed by atoms with Gasteiger partial charge in [0.05, 0.1) is 5.69 Å². The summed E-state index contributed by atoms with van der Waals surface area (Å²) in [5.41, 5.74) is 0.956. The summed E-state index contributed by atoms with van der Waals surface area (Å²) in [5.74, 6) is -0.490. The molecule has 0 N–H and O–H groups in total. The molecule has 104 valence electrons. The Morgan fingerprint density at radius 3 is 2.74 bits per heavy atom. The molecule has 2 rings (SSSR count). The van der Waals surface area contributed by atoms with E-state index < -0.39 is 21.4 Å². The van der Waals surface area contributed by atoms with Gasteiger partial charge in [-0.1, -0.05) is 11.6 Å². The lowest BCUT2D eigenvalue weighted by Crippen LogP contribution is -2.28. The monoisotopic (exact) mass is 370 g/mol. The highest BCUT2D eigenvalue weighted by Gasteiger charge is 2.40. The van der Waals surface area contributed by atoms with Crippen molar-refractivity contribution in [2.45, 2.75) is 18.6 Å². The van der Waals surface area contributed by atoms with Gasteiger partial charge in [0.25, 0.3) is 0 Å². The summed E-state index contributed by atoms with van der Waals surface area (Å²) in [5, 5.41) is -1.28. The molecule has 1 fully saturated rings. The summed E-state index contributed by atoms with van der Waals surface area (Å²) in [4.78, 5) is 16.9. The van der Waals surface area contributed by atoms with Crippen molar-refractivity contribution in [1.29, 1.82) is 0 Å². The minimum Gasteiger partial charge on any atom is -0.308 e. The molecule has 0 aromatic carbocycles. The van der Waals surface area contributed by atoms with Crippen molar-refractivity contribution in [3.63, 3.8) is 0 Å². The van der Waals surface area contributed by atoms with Crippen molar-refractivity contribution in [3.05, 3.63) is 21.4 Å². The number of carbonyl (C=O) groups is 1. The quantitative estimate of drug-likeness (QED) is 0.590. The molecule has 1 saturated heterocycles. The van der Waals surface area contributed by atoms with E-state index in [-0.39, 0.29) is 18.1 Å². The van der Waals surface area contributed by atoms with Crippen LogP contribution < -0.4 is 4.90 Å². The summed E-state index contributed by atoms with van der Waals surface area (Å²) in [6.07, 6.45) is 1.09. The maximum atomic E-state index is 13.0. The fraction of sp³-hybridized carbons (Fsp3) is 0.400. The van der Waals surface area contributed by atoms with Gasteiger partial charge >= 0.3 is 10.2 Å². The van der Waals surface area contributed by atoms with Crippen LogP contribution in [0.4, 0.5) is 9.57 Å². The molecule has 2 heterocycles. The molecule has 1 aromatic heterocycles. The smallest absolute Gasteiger partial charge is 0.307 e. The predicted molar refractivity (Wildman–Crippen MR) is 72.5 cm³/mol. The number of amides is 1. The van der Waals surface area contributed by atoms with Gasteiger partial charge < -0.3 is 4.90 Å². The third kappa shape index (κ3) is 2.75. The van der Waals surface area contributed by atoms with Crippen LogP contribution in [0.15, 0.2) is 10.7 Å². The molecule has 0 spiro atoms. The van der Waals surface area contributed by atoms with Gasteiger partial charge in [0.15, 0.2) is 5.15 Å². The molecule has 9 heteroatoms. The topological polar surface area (TPSA) is 67.3 Å². The van der Waals surface area contributed by atoms with Crippen LogP contribution in [0.2, 0.25) is 5.15 Å². The molecule has 1 aromatic rings. The number of rotatable bonds is 2. The molecular weight excluding hydrogens is 363 g/mol. The number of pyridine rings is 1. The standard InChI is InChI=1S/C10H9BrClFN2O3S/c1-5-7(11)3-14-10(12)9(5)15-4-6(2-8(15)16)19(13,17)18/h3,6H,2,4H2,1H3. The first kappa shape index (κ1) is 14.7. The van der Waals surface area contributed by atoms with Crippen molar-refractivity contribution >= 4 is 49.3 Å². The Kier molecular flexibility index (Phi) is 3.85. The minimum atomic E-state index is -4.75. The second kappa shape index (κ2) is 4.99. The predicted octanol–water partition coefficient (Wildman–Crippen LogP) is 2.21. The van der Waals surface area contributed by atoms with E-state index in [4.69, 9.17) is 11.6 Å². The number of anilines is 1. The zero-order valence-corrected chi connectivity index (χ0v) is 12.9. The maximum absolute atomic E-state index is 13.0. The van der Waals surface area contributed by atoms with Gasteiger partial charge in [-0.05, 0) is 28.4 Å². The highest BCUT2D eigenvalue weighted by atomic mass is 79.9. The average molecular weight is 372 g/mol. The molecule has 0 radical (unpaired) electrons. The van der Waals surface area contributed by atoms with Crippen LogP contribution in [0.1, 0.15) is 12.0 Å². The number of halogens is 3. The Bertz CT molecular complexity index is 652. The number of aromatic nitrogens is 1. The lowest BCUT2D eigenvalue weighted by molar-refractivity contribution is -0.117. The van der Waals surface area contributed by atoms with Crippen molar-refractivity contribution in [2.75, 3.05) is 11.4 Å². The van der Waals surface area contributed by atoms with E-state index in [0.717, 1.165) is 4.90 Å². The van der Waals surface area contributed by atoms with Crippen LogP contribution in [0.25, 0.3) is 0 Å². The Labute approximate surface area is 123 Å². The summed E-state index contributed by atoms with van der Waals surface area (Å²) in [7, 11) is -4.75. The van der Waals surface area contributed by atoms with Crippen molar-refractivity contribution in [1.82, 2.24) is 4.98 Å². The van der Waals surface area contributed by atoms with Gasteiger partial charge in [-0.3, -0.25) is 4.79 Å². The fourth-order valence-corrected chi connectivity index (χ4v) is 3.18. The zero-order chi connectivity index (χ0) is 14.4. The fourth-order valence-electron chi connectivity index (χ4n) is 1.93. The molecule has 0 bridgehead atoms. The summed E-state index contributed by atoms with van der Waals surface area (Å²) >= 11 is 9.19. The van der Waals surface area contributed by atoms with Crippen LogP contribution in [0, 0.1) is 6.92 Å². The van der Waals surface area contributed by atoms with E-state index in [9.17, 15) is 17.1 Å². The molecular formula is C10H9BrClFN2O3S. The first-order valence-electron chi connectivity index (χ1n) is 5.26. The first-order valence-corrected chi connectivity index (χ1v) is 7.88. The van der Waals surface area contributed by atoms with E-state index in [1.807, 2.05) is 0 Å². The van der Waals surface area contributed by atoms with Crippen LogP contribution in [-0.2, 0) is 15.0 Å². The summed E-state index contributed by atoms with van der Waals surface area (Å²) < 4.78 is 35.4. The van der Waals surface area contributed by atoms with Crippen LogP contribution in [-0.4, -0.2) is 31.1 Å². The molecule has 19 heavy (non-hydrogen) atoms. The van der Waals surface area contributed by atoms with E-state index in [1.165, 1.54) is 6.20 Å². The molecule has 1 unspecified atom stereocenters. The lowest BCUT2D eigenvalue weighted by Gasteiger charge is -2.20. The second-order valence-corrected chi connectivity index (χ2v) is 7.01. The van der Waals surface area contributed by atoms with E-state index in [2.05, 4.69) is 20.9 Å². The second-order valence-electron chi connectivity index (χ2n) is 4.18. The molecule has 1 aliphatic heterocycles. The zero-order valence-electron chi connectivity index (χ0n) is 9.73. The highest BCUT2D eigenvalue weighted by molar-refractivity contribution is 9.10. The van der Waals surface area contributed by atoms with Gasteiger partial charge in [0, 0.05) is 23.6 Å². The van der Waals surface area contributed by atoms with Gasteiger partial charge in [-0.15, -0.1) is 3.89 Å². The van der Waals surface area contributed by atoms with Crippen LogP contribution >= 0.6 is 27.5 Å². The van der Waals surface area contributed by atoms with Gasteiger partial charge in [0.2, 0.25) is 5.91 Å². The maximum Gasteiger partial charge on any atom is 0.307 e. The Balaban J connectivity index is 2.45. The molecule has 5 nitrogen and oxygen atoms in total. The van der Waals surface area contributed by atoms with E-state index >= 15 is 0 Å². The Hall–Kier alpha value is -0.730. The summed E-state index contributed by atoms with van der Waals surface area (Å²) in [6, 6.07) is 0. The van der Waals surface area contributed by atoms with Crippen molar-refractivity contribution in [3.8, 4) is 0 Å². The van der Waals surface area contributed by atoms with Gasteiger partial charge in [-0.25, -0.2) is 4.98 Å². The highest BCUT2D eigenvalue weighted by Crippen LogP contribution is 2.36. The van der Waals surface area contributed by atoms with Gasteiger partial charge in [0.1, 0.15) is 5.25 Å². The van der Waals surface area contributed by atoms with Crippen molar-refractivity contribution in [2.24, 2.45) is 0 Å². The van der Waals surface area contributed by atoms with Gasteiger partial charge in [-0.2, -0.15) is 8.42 Å². The normalized spacial score (nSPS) is 20.1. The average Bonchev–Trinajstić information content (AvgIpc) is 2.67. The third-order valence-electron chi connectivity index (χ3n) is 2.96. The molecule has 1 amide bonds. The number of hydrogen-bond donors (Lipinski definition) is 0. The van der Waals surface area contributed by atoms with E-state index in [1.54, 1.807) is 6.92 Å². The Morgan fingerprint density at radius 2 is 2.21 bits per heavy atom. The largest absolute Gasteiger partial charge is 0.308 e. The molecule has 0 aliphatic carbocycles. The Morgan fingerprint density at radius 1 is 1.58 bits per heavy atom. The van der Waals surface area contributed by atoms with E-state index in [0.29, 0.717) is 15.7 Å². The number of nitrogens with zero attached hydrogens (tertiary/aromatic N) is 2. The number of carbonyl (C=O) groups excluding carboxylic acids is 1. The lowest BCUT2D eigenvalue weighted by atomic mass is 10.2. The minimum absolute atomic E-state index is 0.0750. The summed E-state index contributed by atoms with van der Waals surface area (Å²) in [6.45, 7) is 1.45. The molecule has 1 atom stereocenters. The third-order valence-corrected chi connectivity index (χ3v) is 5.15. The SMILES string of the molecule is Cc1c(Br)cnc(Cl)c1N1CC(S(=O)(=O)F)CC1=O. The van der Waals surface area contributed by atoms with Crippen LogP contribution in [0.3, 0.4) is 0 Å². The molecule has 0 saturated carbocycles. The van der Waals surface area contributed by atoms with Crippen LogP contribution in [0.5, 0.6) is 0 Å². The number of hydrogen-bond acceptors (Lipinski definition) is 4. The first-order chi connectivity index (χ1) is 8.71. The van der Waals surface area contributed by atoms with Crippen molar-refractivity contribution < 1.29 is 17.1 Å².